The van der Waals surface area contributed by atoms with Gasteiger partial charge in [-0.15, -0.1) is 0 Å². The lowest BCUT2D eigenvalue weighted by molar-refractivity contribution is -0.134. The molecule has 2 aromatic carbocycles. The highest BCUT2D eigenvalue weighted by Gasteiger charge is 2.34. The average Bonchev–Trinajstić information content (AvgIpc) is 2.62. The number of carbonyl (C=O) groups excluding carboxylic acids is 1. The summed E-state index contributed by atoms with van der Waals surface area (Å²) in [5.74, 6) is -0.411. The van der Waals surface area contributed by atoms with Crippen molar-refractivity contribution in [2.24, 2.45) is 0 Å². The number of pyridine rings is 1. The second-order valence-electron chi connectivity index (χ2n) is 5.88. The van der Waals surface area contributed by atoms with Crippen molar-refractivity contribution < 1.29 is 9.90 Å². The van der Waals surface area contributed by atoms with E-state index in [1.807, 2.05) is 54.6 Å². The molecule has 1 aromatic heterocycles. The summed E-state index contributed by atoms with van der Waals surface area (Å²) >= 11 is 0. The van der Waals surface area contributed by atoms with Crippen molar-refractivity contribution >= 4 is 22.5 Å². The van der Waals surface area contributed by atoms with Crippen LogP contribution in [0.4, 0.5) is 5.69 Å². The maximum Gasteiger partial charge on any atom is 0.256 e. The Kier molecular flexibility index (Phi) is 4.58. The highest BCUT2D eigenvalue weighted by atomic mass is 16.3. The third-order valence-corrected chi connectivity index (χ3v) is 4.17. The Labute approximate surface area is 141 Å². The van der Waals surface area contributed by atoms with Crippen LogP contribution in [-0.2, 0) is 11.2 Å². The lowest BCUT2D eigenvalue weighted by Crippen LogP contribution is -2.44. The number of rotatable bonds is 5. The van der Waals surface area contributed by atoms with Gasteiger partial charge in [0, 0.05) is 23.2 Å². The maximum absolute atomic E-state index is 12.5. The van der Waals surface area contributed by atoms with Crippen LogP contribution in [0.25, 0.3) is 10.9 Å². The first-order chi connectivity index (χ1) is 11.6. The molecule has 0 aliphatic rings. The van der Waals surface area contributed by atoms with Crippen molar-refractivity contribution in [1.82, 2.24) is 4.98 Å². The third kappa shape index (κ3) is 3.44. The number of anilines is 1. The summed E-state index contributed by atoms with van der Waals surface area (Å²) in [6, 6.07) is 20.8. The van der Waals surface area contributed by atoms with Gasteiger partial charge in [-0.2, -0.15) is 0 Å². The Morgan fingerprint density at radius 2 is 1.75 bits per heavy atom. The average molecular weight is 320 g/mol. The molecule has 122 valence electrons. The van der Waals surface area contributed by atoms with E-state index in [1.54, 1.807) is 19.1 Å². The van der Waals surface area contributed by atoms with Gasteiger partial charge in [-0.05, 0) is 30.7 Å². The molecule has 0 aliphatic carbocycles. The topological polar surface area (TPSA) is 62.2 Å². The molecule has 0 fully saturated rings. The van der Waals surface area contributed by atoms with Gasteiger partial charge in [-0.1, -0.05) is 49.4 Å². The fourth-order valence-electron chi connectivity index (χ4n) is 2.64. The van der Waals surface area contributed by atoms with E-state index in [-0.39, 0.29) is 6.42 Å². The Morgan fingerprint density at radius 1 is 1.04 bits per heavy atom. The monoisotopic (exact) mass is 320 g/mol. The van der Waals surface area contributed by atoms with Crippen LogP contribution < -0.4 is 5.32 Å². The molecular formula is C20H20N2O2. The van der Waals surface area contributed by atoms with E-state index in [2.05, 4.69) is 10.3 Å². The number of aliphatic hydroxyl groups is 1. The minimum absolute atomic E-state index is 0.174. The zero-order valence-corrected chi connectivity index (χ0v) is 13.6. The van der Waals surface area contributed by atoms with Gasteiger partial charge in [0.05, 0.1) is 5.52 Å². The van der Waals surface area contributed by atoms with Crippen LogP contribution in [-0.4, -0.2) is 21.6 Å². The van der Waals surface area contributed by atoms with E-state index in [0.29, 0.717) is 17.8 Å². The van der Waals surface area contributed by atoms with Gasteiger partial charge >= 0.3 is 0 Å². The van der Waals surface area contributed by atoms with Crippen LogP contribution in [0.2, 0.25) is 0 Å². The Balaban J connectivity index is 1.81. The van der Waals surface area contributed by atoms with Crippen LogP contribution in [0.1, 0.15) is 19.0 Å². The fraction of sp³-hybridized carbons (Fsp3) is 0.200. The lowest BCUT2D eigenvalue weighted by atomic mass is 9.93. The van der Waals surface area contributed by atoms with Crippen molar-refractivity contribution in [1.29, 1.82) is 0 Å². The number of amides is 1. The van der Waals surface area contributed by atoms with Gasteiger partial charge in [0.1, 0.15) is 5.60 Å². The molecular weight excluding hydrogens is 300 g/mol. The minimum atomic E-state index is -1.49. The van der Waals surface area contributed by atoms with Crippen LogP contribution in [0.3, 0.4) is 0 Å². The molecule has 1 heterocycles. The molecule has 0 spiro atoms. The quantitative estimate of drug-likeness (QED) is 0.755. The lowest BCUT2D eigenvalue weighted by Gasteiger charge is -2.25. The largest absolute Gasteiger partial charge is 0.380 e. The van der Waals surface area contributed by atoms with Crippen LogP contribution in [0.5, 0.6) is 0 Å². The molecule has 24 heavy (non-hydrogen) atoms. The van der Waals surface area contributed by atoms with Crippen molar-refractivity contribution in [2.45, 2.75) is 25.4 Å². The van der Waals surface area contributed by atoms with Gasteiger partial charge in [0.2, 0.25) is 0 Å². The first-order valence-electron chi connectivity index (χ1n) is 8.04. The smallest absolute Gasteiger partial charge is 0.256 e. The molecule has 0 radical (unpaired) electrons. The number of nitrogens with one attached hydrogen (secondary N) is 1. The summed E-state index contributed by atoms with van der Waals surface area (Å²) in [7, 11) is 0. The summed E-state index contributed by atoms with van der Waals surface area (Å²) in [5, 5.41) is 14.6. The molecule has 4 heteroatoms. The zero-order chi connectivity index (χ0) is 17.0. The summed E-state index contributed by atoms with van der Waals surface area (Å²) in [6.45, 7) is 1.80. The van der Waals surface area contributed by atoms with Gasteiger partial charge in [-0.25, -0.2) is 0 Å². The molecule has 0 bridgehead atoms. The van der Waals surface area contributed by atoms with E-state index in [1.165, 1.54) is 0 Å². The number of nitrogens with zero attached hydrogens (tertiary/aromatic N) is 1. The number of hydrogen-bond acceptors (Lipinski definition) is 3. The van der Waals surface area contributed by atoms with Crippen molar-refractivity contribution in [2.75, 3.05) is 5.32 Å². The number of carbonyl (C=O) groups is 1. The number of benzene rings is 2. The van der Waals surface area contributed by atoms with Gasteiger partial charge in [0.15, 0.2) is 0 Å². The molecule has 0 saturated carbocycles. The van der Waals surface area contributed by atoms with Gasteiger partial charge in [0.25, 0.3) is 5.91 Å². The molecule has 2 N–H and O–H groups in total. The van der Waals surface area contributed by atoms with E-state index in [0.717, 1.165) is 10.9 Å². The minimum Gasteiger partial charge on any atom is -0.380 e. The second kappa shape index (κ2) is 6.81. The SMILES string of the molecule is CCC(O)(Cc1ccc2ccccc2n1)C(=O)Nc1ccccc1. The molecule has 1 amide bonds. The van der Waals surface area contributed by atoms with Gasteiger partial charge in [-0.3, -0.25) is 9.78 Å². The van der Waals surface area contributed by atoms with Crippen LogP contribution in [0.15, 0.2) is 66.7 Å². The van der Waals surface area contributed by atoms with Crippen LogP contribution in [0, 0.1) is 0 Å². The second-order valence-corrected chi connectivity index (χ2v) is 5.88. The number of hydrogen-bond donors (Lipinski definition) is 2. The van der Waals surface area contributed by atoms with E-state index < -0.39 is 11.5 Å². The molecule has 0 saturated heterocycles. The summed E-state index contributed by atoms with van der Waals surface area (Å²) in [6.07, 6.45) is 0.479. The van der Waals surface area contributed by atoms with E-state index >= 15 is 0 Å². The number of para-hydroxylation sites is 2. The molecule has 3 aromatic rings. The number of aromatic nitrogens is 1. The van der Waals surface area contributed by atoms with Crippen molar-refractivity contribution in [3.63, 3.8) is 0 Å². The predicted molar refractivity (Wildman–Crippen MR) is 95.8 cm³/mol. The predicted octanol–water partition coefficient (Wildman–Crippen LogP) is 3.56. The van der Waals surface area contributed by atoms with Crippen LogP contribution >= 0.6 is 0 Å². The fourth-order valence-corrected chi connectivity index (χ4v) is 2.64. The van der Waals surface area contributed by atoms with E-state index in [9.17, 15) is 9.90 Å². The standard InChI is InChI=1S/C20H20N2O2/c1-2-20(24,19(23)22-16-9-4-3-5-10-16)14-17-13-12-15-8-6-7-11-18(15)21-17/h3-13,24H,2,14H2,1H3,(H,22,23). The van der Waals surface area contributed by atoms with Crippen molar-refractivity contribution in [3.8, 4) is 0 Å². The van der Waals surface area contributed by atoms with Gasteiger partial charge < -0.3 is 10.4 Å². The highest BCUT2D eigenvalue weighted by molar-refractivity contribution is 5.97. The molecule has 1 atom stereocenters. The normalized spacial score (nSPS) is 13.4. The maximum atomic E-state index is 12.5. The van der Waals surface area contributed by atoms with Crippen molar-refractivity contribution in [3.05, 3.63) is 72.4 Å². The van der Waals surface area contributed by atoms with E-state index in [4.69, 9.17) is 0 Å². The summed E-state index contributed by atoms with van der Waals surface area (Å²) in [5.41, 5.74) is 0.727. The summed E-state index contributed by atoms with van der Waals surface area (Å²) in [4.78, 5) is 17.1. The summed E-state index contributed by atoms with van der Waals surface area (Å²) < 4.78 is 0. The first-order valence-corrected chi connectivity index (χ1v) is 8.04. The molecule has 1 unspecified atom stereocenters. The first kappa shape index (κ1) is 16.1. The Hall–Kier alpha value is -2.72. The Morgan fingerprint density at radius 3 is 2.50 bits per heavy atom. The molecule has 3 rings (SSSR count). The number of fused-ring (bicyclic) bond motifs is 1. The molecule has 4 nitrogen and oxygen atoms in total. The molecule has 0 aliphatic heterocycles. The highest BCUT2D eigenvalue weighted by Crippen LogP contribution is 2.21. The third-order valence-electron chi connectivity index (χ3n) is 4.17. The zero-order valence-electron chi connectivity index (χ0n) is 13.6. The Bertz CT molecular complexity index is 848.